The minimum absolute atomic E-state index is 0.639. The zero-order valence-corrected chi connectivity index (χ0v) is 10.0. The van der Waals surface area contributed by atoms with Crippen LogP contribution in [0.15, 0.2) is 6.07 Å². The van der Waals surface area contributed by atoms with E-state index in [1.54, 1.807) is 14.2 Å². The average Bonchev–Trinajstić information content (AvgIpc) is 2.16. The smallest absolute Gasteiger partial charge is 0.204 e. The van der Waals surface area contributed by atoms with Crippen molar-refractivity contribution in [3.63, 3.8) is 0 Å². The van der Waals surface area contributed by atoms with Crippen LogP contribution in [-0.2, 0) is 0 Å². The van der Waals surface area contributed by atoms with Crippen LogP contribution < -0.4 is 14.0 Å². The number of ether oxygens (including phenoxy) is 2. The molecule has 0 aliphatic rings. The number of methoxy groups -OCH3 is 2. The Morgan fingerprint density at radius 2 is 1.43 bits per heavy atom. The molecule has 0 saturated carbocycles. The van der Waals surface area contributed by atoms with Crippen LogP contribution in [0.1, 0.15) is 11.1 Å². The second-order valence-electron chi connectivity index (χ2n) is 3.02. The van der Waals surface area contributed by atoms with Crippen molar-refractivity contribution in [3.8, 4) is 17.2 Å². The van der Waals surface area contributed by atoms with E-state index in [0.717, 1.165) is 16.9 Å². The summed E-state index contributed by atoms with van der Waals surface area (Å²) in [5.41, 5.74) is 2.06. The summed E-state index contributed by atoms with van der Waals surface area (Å²) >= 11 is 0. The van der Waals surface area contributed by atoms with Gasteiger partial charge in [-0.3, -0.25) is 0 Å². The second kappa shape index (κ2) is 4.52. The van der Waals surface area contributed by atoms with Crippen molar-refractivity contribution in [2.24, 2.45) is 0 Å². The minimum Gasteiger partial charge on any atom is -0.492 e. The first-order valence-electron chi connectivity index (χ1n) is 4.24. The number of hydrogen-bond acceptors (Lipinski definition) is 3. The van der Waals surface area contributed by atoms with Crippen LogP contribution in [0.3, 0.4) is 0 Å². The van der Waals surface area contributed by atoms with Gasteiger partial charge in [-0.25, -0.2) is 0 Å². The summed E-state index contributed by atoms with van der Waals surface area (Å²) in [6.07, 6.45) is 0. The molecule has 1 aromatic carbocycles. The molecule has 0 amide bonds. The van der Waals surface area contributed by atoms with Crippen molar-refractivity contribution in [1.82, 2.24) is 0 Å². The third kappa shape index (κ3) is 1.78. The Morgan fingerprint density at radius 3 is 1.86 bits per heavy atom. The van der Waals surface area contributed by atoms with Gasteiger partial charge in [0.15, 0.2) is 11.5 Å². The van der Waals surface area contributed by atoms with Crippen molar-refractivity contribution in [2.45, 2.75) is 13.8 Å². The van der Waals surface area contributed by atoms with Gasteiger partial charge in [0.2, 0.25) is 5.75 Å². The molecule has 0 aliphatic heterocycles. The summed E-state index contributed by atoms with van der Waals surface area (Å²) < 4.78 is 15.7. The van der Waals surface area contributed by atoms with Crippen molar-refractivity contribution in [2.75, 3.05) is 14.2 Å². The second-order valence-corrected chi connectivity index (χ2v) is 3.26. The van der Waals surface area contributed by atoms with Crippen LogP contribution in [0.2, 0.25) is 0 Å². The van der Waals surface area contributed by atoms with Gasteiger partial charge in [0.1, 0.15) is 0 Å². The SMILES string of the molecule is COc1c(C)cc(C)c(OP)c1OC. The van der Waals surface area contributed by atoms with Crippen LogP contribution in [0, 0.1) is 13.8 Å². The first-order chi connectivity index (χ1) is 6.65. The molecule has 1 aromatic rings. The highest BCUT2D eigenvalue weighted by atomic mass is 31.0. The largest absolute Gasteiger partial charge is 0.492 e. The lowest BCUT2D eigenvalue weighted by Crippen LogP contribution is -1.96. The first kappa shape index (κ1) is 11.1. The molecule has 0 bridgehead atoms. The van der Waals surface area contributed by atoms with Gasteiger partial charge in [-0.05, 0) is 31.0 Å². The Bertz CT molecular complexity index is 308. The van der Waals surface area contributed by atoms with Crippen molar-refractivity contribution >= 4 is 9.47 Å². The van der Waals surface area contributed by atoms with Crippen LogP contribution in [0.25, 0.3) is 0 Å². The van der Waals surface area contributed by atoms with Crippen molar-refractivity contribution < 1.29 is 14.0 Å². The van der Waals surface area contributed by atoms with E-state index in [0.29, 0.717) is 11.5 Å². The topological polar surface area (TPSA) is 27.7 Å². The van der Waals surface area contributed by atoms with Gasteiger partial charge in [-0.1, -0.05) is 0 Å². The van der Waals surface area contributed by atoms with Gasteiger partial charge in [-0.2, -0.15) is 0 Å². The molecule has 1 unspecified atom stereocenters. The summed E-state index contributed by atoms with van der Waals surface area (Å²) in [6.45, 7) is 3.94. The van der Waals surface area contributed by atoms with Crippen molar-refractivity contribution in [1.29, 1.82) is 0 Å². The third-order valence-corrected chi connectivity index (χ3v) is 2.32. The molecular formula is C10H15O3P. The summed E-state index contributed by atoms with van der Waals surface area (Å²) in [7, 11) is 5.43. The Morgan fingerprint density at radius 1 is 0.929 bits per heavy atom. The van der Waals surface area contributed by atoms with Gasteiger partial charge in [0, 0.05) is 0 Å². The lowest BCUT2D eigenvalue weighted by molar-refractivity contribution is 0.343. The van der Waals surface area contributed by atoms with E-state index in [1.165, 1.54) is 0 Å². The van der Waals surface area contributed by atoms with Gasteiger partial charge >= 0.3 is 0 Å². The molecule has 1 atom stereocenters. The average molecular weight is 214 g/mol. The number of rotatable bonds is 3. The Balaban J connectivity index is 3.43. The summed E-state index contributed by atoms with van der Waals surface area (Å²) in [5, 5.41) is 0. The lowest BCUT2D eigenvalue weighted by atomic mass is 10.1. The fourth-order valence-electron chi connectivity index (χ4n) is 1.50. The standard InChI is InChI=1S/C10H15O3P/c1-6-5-7(2)9(13-14)10(12-4)8(6)11-3/h5H,14H2,1-4H3. The number of hydrogen-bond donors (Lipinski definition) is 0. The molecule has 0 saturated heterocycles. The minimum atomic E-state index is 0.639. The lowest BCUT2D eigenvalue weighted by Gasteiger charge is -2.15. The molecule has 0 radical (unpaired) electrons. The van der Waals surface area contributed by atoms with Gasteiger partial charge in [-0.15, -0.1) is 0 Å². The number of aryl methyl sites for hydroxylation is 2. The van der Waals surface area contributed by atoms with Crippen LogP contribution in [0.5, 0.6) is 17.2 Å². The molecule has 0 N–H and O–H groups in total. The Hall–Kier alpha value is -0.950. The molecular weight excluding hydrogens is 199 g/mol. The summed E-state index contributed by atoms with van der Waals surface area (Å²) in [5.74, 6) is 2.05. The van der Waals surface area contributed by atoms with E-state index in [-0.39, 0.29) is 0 Å². The molecule has 0 spiro atoms. The van der Waals surface area contributed by atoms with E-state index in [2.05, 4.69) is 9.47 Å². The maximum atomic E-state index is 5.26. The molecule has 0 fully saturated rings. The molecule has 14 heavy (non-hydrogen) atoms. The van der Waals surface area contributed by atoms with E-state index in [1.807, 2.05) is 19.9 Å². The fraction of sp³-hybridized carbons (Fsp3) is 0.400. The van der Waals surface area contributed by atoms with Gasteiger partial charge in [0.25, 0.3) is 0 Å². The quantitative estimate of drug-likeness (QED) is 0.723. The van der Waals surface area contributed by atoms with E-state index in [4.69, 9.17) is 14.0 Å². The summed E-state index contributed by atoms with van der Waals surface area (Å²) in [6, 6.07) is 2.00. The predicted molar refractivity (Wildman–Crippen MR) is 59.4 cm³/mol. The van der Waals surface area contributed by atoms with Gasteiger partial charge < -0.3 is 14.0 Å². The Labute approximate surface area is 86.6 Å². The molecule has 1 rings (SSSR count). The summed E-state index contributed by atoms with van der Waals surface area (Å²) in [4.78, 5) is 0. The zero-order chi connectivity index (χ0) is 10.7. The Kier molecular flexibility index (Phi) is 3.59. The highest BCUT2D eigenvalue weighted by molar-refractivity contribution is 7.10. The van der Waals surface area contributed by atoms with Crippen LogP contribution in [-0.4, -0.2) is 14.2 Å². The predicted octanol–water partition coefficient (Wildman–Crippen LogP) is 2.49. The normalized spacial score (nSPS) is 9.79. The molecule has 0 aromatic heterocycles. The maximum Gasteiger partial charge on any atom is 0.204 e. The van der Waals surface area contributed by atoms with E-state index in [9.17, 15) is 0 Å². The number of benzene rings is 1. The fourth-order valence-corrected chi connectivity index (χ4v) is 1.80. The molecule has 78 valence electrons. The highest BCUT2D eigenvalue weighted by Crippen LogP contribution is 2.42. The zero-order valence-electron chi connectivity index (χ0n) is 8.88. The molecule has 0 aliphatic carbocycles. The highest BCUT2D eigenvalue weighted by Gasteiger charge is 2.16. The first-order valence-corrected chi connectivity index (χ1v) is 4.71. The monoisotopic (exact) mass is 214 g/mol. The van der Waals surface area contributed by atoms with E-state index < -0.39 is 0 Å². The third-order valence-electron chi connectivity index (χ3n) is 2.09. The van der Waals surface area contributed by atoms with E-state index >= 15 is 0 Å². The van der Waals surface area contributed by atoms with Crippen molar-refractivity contribution in [3.05, 3.63) is 17.2 Å². The maximum absolute atomic E-state index is 5.26. The molecule has 3 nitrogen and oxygen atoms in total. The molecule has 0 heterocycles. The van der Waals surface area contributed by atoms with Crippen LogP contribution >= 0.6 is 9.47 Å². The molecule has 4 heteroatoms. The van der Waals surface area contributed by atoms with Gasteiger partial charge in [0.05, 0.1) is 23.7 Å². The van der Waals surface area contributed by atoms with Crippen LogP contribution in [0.4, 0.5) is 0 Å².